The molecule has 2 heterocycles. The topological polar surface area (TPSA) is 101 Å². The van der Waals surface area contributed by atoms with Crippen molar-refractivity contribution in [2.75, 3.05) is 12.8 Å². The average molecular weight is 451 g/mol. The maximum Gasteiger partial charge on any atom is 0.296 e. The predicted molar refractivity (Wildman–Crippen MR) is 100 cm³/mol. The number of nitrogens with one attached hydrogen (secondary N) is 2. The van der Waals surface area contributed by atoms with Gasteiger partial charge in [0.05, 0.1) is 14.9 Å². The molecule has 3 N–H and O–H groups in total. The summed E-state index contributed by atoms with van der Waals surface area (Å²) in [6.07, 6.45) is 1.56. The number of carbonyl (C=O) groups is 2. The Morgan fingerprint density at radius 1 is 1.29 bits per heavy atom. The van der Waals surface area contributed by atoms with Gasteiger partial charge in [-0.3, -0.25) is 14.8 Å². The number of thiophene rings is 2. The van der Waals surface area contributed by atoms with Gasteiger partial charge in [0, 0.05) is 22.7 Å². The summed E-state index contributed by atoms with van der Waals surface area (Å²) < 4.78 is 12.5. The lowest BCUT2D eigenvalue weighted by atomic mass is 10.3. The first-order chi connectivity index (χ1) is 11.4. The Balaban J connectivity index is 1.91. The van der Waals surface area contributed by atoms with Crippen molar-refractivity contribution in [3.63, 3.8) is 0 Å². The van der Waals surface area contributed by atoms with Crippen LogP contribution in [0.1, 0.15) is 16.1 Å². The van der Waals surface area contributed by atoms with Crippen molar-refractivity contribution in [1.29, 1.82) is 0 Å². The third-order valence-electron chi connectivity index (χ3n) is 3.14. The Bertz CT molecular complexity index is 716. The Hall–Kier alpha value is -0.910. The summed E-state index contributed by atoms with van der Waals surface area (Å²) >= 11 is 4.95. The van der Waals surface area contributed by atoms with Crippen LogP contribution >= 0.6 is 38.6 Å². The van der Waals surface area contributed by atoms with Gasteiger partial charge in [0.15, 0.2) is 5.25 Å². The lowest BCUT2D eigenvalue weighted by Crippen LogP contribution is -2.40. The molecule has 24 heavy (non-hydrogen) atoms. The Morgan fingerprint density at radius 2 is 1.96 bits per heavy atom. The molecule has 0 fully saturated rings. The van der Waals surface area contributed by atoms with E-state index in [-0.39, 0.29) is 18.9 Å². The largest absolute Gasteiger partial charge is 0.616 e. The van der Waals surface area contributed by atoms with E-state index in [1.54, 1.807) is 17.4 Å². The van der Waals surface area contributed by atoms with Crippen LogP contribution in [-0.2, 0) is 16.0 Å². The highest BCUT2D eigenvalue weighted by atomic mass is 79.9. The van der Waals surface area contributed by atoms with Gasteiger partial charge in [-0.25, -0.2) is 5.48 Å². The van der Waals surface area contributed by atoms with Crippen LogP contribution in [0.2, 0.25) is 0 Å². The van der Waals surface area contributed by atoms with Gasteiger partial charge in [0.2, 0.25) is 0 Å². The van der Waals surface area contributed by atoms with Crippen LogP contribution in [0.4, 0.5) is 0 Å². The molecule has 10 heteroatoms. The minimum atomic E-state index is -1.43. The number of hydrogen-bond donors (Lipinski definition) is 3. The molecule has 0 saturated carbocycles. The maximum atomic E-state index is 12.2. The maximum absolute atomic E-state index is 12.2. The highest BCUT2D eigenvalue weighted by Gasteiger charge is 2.27. The monoisotopic (exact) mass is 450 g/mol. The second-order valence-corrected chi connectivity index (χ2v) is 9.89. The molecule has 2 aromatic rings. The van der Waals surface area contributed by atoms with Gasteiger partial charge >= 0.3 is 0 Å². The van der Waals surface area contributed by atoms with Gasteiger partial charge in [-0.1, -0.05) is 0 Å². The van der Waals surface area contributed by atoms with Crippen LogP contribution in [0, 0.1) is 0 Å². The van der Waals surface area contributed by atoms with Crippen molar-refractivity contribution in [2.45, 2.75) is 11.7 Å². The van der Waals surface area contributed by atoms with Crippen molar-refractivity contribution in [3.05, 3.63) is 32.9 Å². The minimum absolute atomic E-state index is 0.178. The molecule has 0 spiro atoms. The Labute approximate surface area is 158 Å². The summed E-state index contributed by atoms with van der Waals surface area (Å²) in [6.45, 7) is 0.189. The molecule has 2 rings (SSSR count). The van der Waals surface area contributed by atoms with Crippen molar-refractivity contribution < 1.29 is 19.3 Å². The summed E-state index contributed by atoms with van der Waals surface area (Å²) in [5, 5.41) is 10.5. The fourth-order valence-electron chi connectivity index (χ4n) is 1.96. The molecular weight excluding hydrogens is 436 g/mol. The highest BCUT2D eigenvalue weighted by molar-refractivity contribution is 9.11. The smallest absolute Gasteiger partial charge is 0.296 e. The first kappa shape index (κ1) is 19.4. The molecule has 0 aliphatic heterocycles. The third kappa shape index (κ3) is 5.04. The van der Waals surface area contributed by atoms with Crippen molar-refractivity contribution in [2.24, 2.45) is 0 Å². The van der Waals surface area contributed by atoms with E-state index in [1.165, 1.54) is 23.1 Å². The number of hydrogen-bond acceptors (Lipinski definition) is 6. The van der Waals surface area contributed by atoms with E-state index in [2.05, 4.69) is 21.2 Å². The quantitative estimate of drug-likeness (QED) is 0.342. The highest BCUT2D eigenvalue weighted by Crippen LogP contribution is 2.35. The molecule has 0 saturated heterocycles. The zero-order valence-corrected chi connectivity index (χ0v) is 16.6. The number of amides is 2. The van der Waals surface area contributed by atoms with Gasteiger partial charge < -0.3 is 9.87 Å². The third-order valence-corrected chi connectivity index (χ3v) is 7.30. The van der Waals surface area contributed by atoms with E-state index in [9.17, 15) is 14.1 Å². The molecule has 2 atom stereocenters. The number of hydroxylamine groups is 1. The zero-order valence-electron chi connectivity index (χ0n) is 12.6. The second-order valence-electron chi connectivity index (χ2n) is 4.78. The molecule has 0 bridgehead atoms. The van der Waals surface area contributed by atoms with Gasteiger partial charge in [0.25, 0.3) is 11.8 Å². The summed E-state index contributed by atoms with van der Waals surface area (Å²) in [5.41, 5.74) is 1.49. The molecular formula is C14H15BrN2O4S3. The molecule has 0 aliphatic carbocycles. The van der Waals surface area contributed by atoms with E-state index < -0.39 is 22.3 Å². The standard InChI is InChI=1S/C14H15BrN2O4S3/c1-24(21)11(14(19)17-20)6-7-16-13(18)10-3-2-8(22-10)9-4-5-12(15)23-9/h2-5,11,20H,6-7H2,1H3,(H,16,18)(H,17,19). The SMILES string of the molecule is C[S+]([O-])C(CCNC(=O)c1ccc(-c2ccc(Br)s2)s1)C(=O)NO. The molecule has 6 nitrogen and oxygen atoms in total. The summed E-state index contributed by atoms with van der Waals surface area (Å²) in [4.78, 5) is 26.2. The lowest BCUT2D eigenvalue weighted by Gasteiger charge is -2.16. The first-order valence-electron chi connectivity index (χ1n) is 6.82. The minimum Gasteiger partial charge on any atom is -0.616 e. The van der Waals surface area contributed by atoms with Crippen molar-refractivity contribution >= 4 is 61.6 Å². The molecule has 2 unspecified atom stereocenters. The van der Waals surface area contributed by atoms with Crippen LogP contribution in [-0.4, -0.2) is 39.6 Å². The van der Waals surface area contributed by atoms with E-state index in [0.29, 0.717) is 4.88 Å². The fraction of sp³-hybridized carbons (Fsp3) is 0.286. The average Bonchev–Trinajstić information content (AvgIpc) is 3.19. The van der Waals surface area contributed by atoms with Gasteiger partial charge in [-0.05, 0) is 51.4 Å². The van der Waals surface area contributed by atoms with Crippen molar-refractivity contribution in [3.8, 4) is 9.75 Å². The van der Waals surface area contributed by atoms with Crippen LogP contribution in [0.3, 0.4) is 0 Å². The molecule has 2 aromatic heterocycles. The molecule has 0 radical (unpaired) electrons. The fourth-order valence-corrected chi connectivity index (χ4v) is 5.17. The Morgan fingerprint density at radius 3 is 2.54 bits per heavy atom. The first-order valence-corrected chi connectivity index (χ1v) is 10.9. The van der Waals surface area contributed by atoms with E-state index in [0.717, 1.165) is 13.5 Å². The molecule has 2 amide bonds. The van der Waals surface area contributed by atoms with Crippen molar-refractivity contribution in [1.82, 2.24) is 10.8 Å². The van der Waals surface area contributed by atoms with Crippen LogP contribution in [0.5, 0.6) is 0 Å². The molecule has 0 aliphatic rings. The number of carbonyl (C=O) groups excluding carboxylic acids is 2. The van der Waals surface area contributed by atoms with Gasteiger partial charge in [0.1, 0.15) is 0 Å². The van der Waals surface area contributed by atoms with Gasteiger partial charge in [-0.2, -0.15) is 0 Å². The summed E-state index contributed by atoms with van der Waals surface area (Å²) in [6, 6.07) is 7.58. The predicted octanol–water partition coefficient (Wildman–Crippen LogP) is 2.61. The normalized spacial score (nSPS) is 13.3. The molecule has 0 aromatic carbocycles. The zero-order chi connectivity index (χ0) is 17.7. The van der Waals surface area contributed by atoms with E-state index in [4.69, 9.17) is 5.21 Å². The Kier molecular flexibility index (Phi) is 7.26. The van der Waals surface area contributed by atoms with E-state index >= 15 is 0 Å². The van der Waals surface area contributed by atoms with Crippen LogP contribution in [0.15, 0.2) is 28.1 Å². The van der Waals surface area contributed by atoms with Crippen LogP contribution < -0.4 is 10.8 Å². The van der Waals surface area contributed by atoms with Crippen LogP contribution in [0.25, 0.3) is 9.75 Å². The summed E-state index contributed by atoms with van der Waals surface area (Å²) in [5.74, 6) is -0.960. The number of rotatable bonds is 7. The second kappa shape index (κ2) is 8.97. The van der Waals surface area contributed by atoms with E-state index in [1.807, 2.05) is 18.2 Å². The number of halogens is 1. The van der Waals surface area contributed by atoms with Gasteiger partial charge in [-0.15, -0.1) is 22.7 Å². The summed E-state index contributed by atoms with van der Waals surface area (Å²) in [7, 11) is 0. The molecule has 130 valence electrons. The lowest BCUT2D eigenvalue weighted by molar-refractivity contribution is -0.128.